The number of hydrogen-bond donors (Lipinski definition) is 7. The number of imidazole rings is 1. The van der Waals surface area contributed by atoms with Crippen LogP contribution in [-0.2, 0) is 32.2 Å². The summed E-state index contributed by atoms with van der Waals surface area (Å²) in [6.07, 6.45) is -0.194. The Morgan fingerprint density at radius 1 is 0.960 bits per heavy atom. The van der Waals surface area contributed by atoms with E-state index < -0.39 is 88.3 Å². The van der Waals surface area contributed by atoms with E-state index in [0.717, 1.165) is 23.8 Å². The van der Waals surface area contributed by atoms with E-state index in [4.69, 9.17) is 34.5 Å². The number of aliphatic hydroxyl groups excluding tert-OH is 1. The van der Waals surface area contributed by atoms with Crippen LogP contribution in [0.4, 0.5) is 5.95 Å². The third-order valence-corrected chi connectivity index (χ3v) is 10.9. The number of aliphatic hydroxyl groups is 1. The lowest BCUT2D eigenvalue weighted by Crippen LogP contribution is -2.33. The standard InChI is InChI=1S/C27H42N8O13P2/c1-15-10-34(27(39)33-24(15)37)20-8-16(18(47-20)11-46-50(42,43)44-7-5-3-2-4-6-28)13-49(40,41)45-12-19-17(36)9-21(48-19)35-14-30-22-23(35)31-26(29)32-25(22)38/h10,14,16-21,36H,2-9,11-13,28H2,1H3,(H,40,41)(H,42,43)(H,33,37,39)(H3,29,31,32,38)/t16?,17-,18+,19+,20+,21+/m1/s1. The van der Waals surface area contributed by atoms with Crippen LogP contribution in [0.3, 0.4) is 0 Å². The third kappa shape index (κ3) is 9.42. The van der Waals surface area contributed by atoms with Gasteiger partial charge in [-0.1, -0.05) is 12.8 Å². The van der Waals surface area contributed by atoms with E-state index in [0.29, 0.717) is 13.0 Å². The van der Waals surface area contributed by atoms with Gasteiger partial charge in [-0.15, -0.1) is 0 Å². The van der Waals surface area contributed by atoms with Crippen molar-refractivity contribution in [1.29, 1.82) is 0 Å². The summed E-state index contributed by atoms with van der Waals surface area (Å²) in [6.45, 7) is 0.943. The van der Waals surface area contributed by atoms with Crippen molar-refractivity contribution in [3.8, 4) is 0 Å². The van der Waals surface area contributed by atoms with Crippen molar-refractivity contribution in [2.75, 3.05) is 38.3 Å². The highest BCUT2D eigenvalue weighted by molar-refractivity contribution is 7.52. The van der Waals surface area contributed by atoms with Crippen molar-refractivity contribution in [2.45, 2.75) is 76.2 Å². The molecule has 23 heteroatoms. The smallest absolute Gasteiger partial charge is 0.390 e. The summed E-state index contributed by atoms with van der Waals surface area (Å²) < 4.78 is 55.9. The molecule has 2 aliphatic rings. The number of phosphoric acid groups is 1. The van der Waals surface area contributed by atoms with Crippen molar-refractivity contribution in [3.63, 3.8) is 0 Å². The molecule has 3 aromatic heterocycles. The van der Waals surface area contributed by atoms with E-state index in [-0.39, 0.29) is 42.1 Å². The number of ether oxygens (including phenoxy) is 2. The molecule has 2 saturated heterocycles. The van der Waals surface area contributed by atoms with Crippen molar-refractivity contribution >= 4 is 32.5 Å². The zero-order valence-electron chi connectivity index (χ0n) is 27.2. The van der Waals surface area contributed by atoms with Crippen LogP contribution >= 0.6 is 15.4 Å². The number of aryl methyl sites for hydroxylation is 1. The number of unbranched alkanes of at least 4 members (excludes halogenated alkanes) is 3. The van der Waals surface area contributed by atoms with E-state index in [1.165, 1.54) is 24.0 Å². The SMILES string of the molecule is Cc1cn([C@@H]2CC(CP(=O)(O)OC[C@@H]3O[C@H](n4cnc5c(=O)[nH]c(N)nc54)C[C@H]3O)[C@H](COP(=O)(O)OCCCCCCN)O2)c(=O)[nH]c1=O. The number of phosphoric ester groups is 1. The molecule has 278 valence electrons. The number of nitrogens with two attached hydrogens (primary N) is 2. The largest absolute Gasteiger partial charge is 0.472 e. The first kappa shape index (κ1) is 38.2. The lowest BCUT2D eigenvalue weighted by molar-refractivity contribution is -0.0406. The van der Waals surface area contributed by atoms with Crippen LogP contribution in [0.1, 0.15) is 56.5 Å². The van der Waals surface area contributed by atoms with E-state index >= 15 is 0 Å². The van der Waals surface area contributed by atoms with Crippen LogP contribution in [0.2, 0.25) is 0 Å². The fourth-order valence-corrected chi connectivity index (χ4v) is 8.07. The summed E-state index contributed by atoms with van der Waals surface area (Å²) in [6, 6.07) is 0. The van der Waals surface area contributed by atoms with Gasteiger partial charge in [-0.3, -0.25) is 42.3 Å². The van der Waals surface area contributed by atoms with Gasteiger partial charge >= 0.3 is 21.1 Å². The first-order chi connectivity index (χ1) is 23.7. The Balaban J connectivity index is 1.23. The van der Waals surface area contributed by atoms with Crippen molar-refractivity contribution < 1.29 is 47.1 Å². The molecular formula is C27H42N8O13P2. The molecule has 0 saturated carbocycles. The van der Waals surface area contributed by atoms with Gasteiger partial charge in [-0.2, -0.15) is 4.98 Å². The number of hydrogen-bond acceptors (Lipinski definition) is 15. The Hall–Kier alpha value is -3.07. The number of nitrogen functional groups attached to an aromatic ring is 1. The van der Waals surface area contributed by atoms with Crippen LogP contribution in [0.25, 0.3) is 11.2 Å². The number of rotatable bonds is 17. The summed E-state index contributed by atoms with van der Waals surface area (Å²) in [5.41, 5.74) is 9.54. The average Bonchev–Trinajstić information content (AvgIpc) is 3.75. The number of anilines is 1. The minimum absolute atomic E-state index is 0.00851. The highest BCUT2D eigenvalue weighted by atomic mass is 31.2. The Labute approximate surface area is 284 Å². The molecule has 5 rings (SSSR count). The fourth-order valence-electron chi connectivity index (χ4n) is 5.84. The lowest BCUT2D eigenvalue weighted by atomic mass is 10.0. The first-order valence-electron chi connectivity index (χ1n) is 16.0. The molecule has 5 heterocycles. The van der Waals surface area contributed by atoms with Crippen molar-refractivity contribution in [3.05, 3.63) is 49.3 Å². The van der Waals surface area contributed by atoms with E-state index in [1.54, 1.807) is 0 Å². The quantitative estimate of drug-likeness (QED) is 0.0704. The Kier molecular flexibility index (Phi) is 12.3. The molecule has 0 amide bonds. The van der Waals surface area contributed by atoms with E-state index in [1.807, 2.05) is 0 Å². The number of nitrogens with zero attached hydrogens (tertiary/aromatic N) is 4. The first-order valence-corrected chi connectivity index (χ1v) is 19.2. The van der Waals surface area contributed by atoms with Gasteiger partial charge in [0, 0.05) is 24.1 Å². The average molecular weight is 749 g/mol. The second-order valence-corrected chi connectivity index (χ2v) is 15.6. The van der Waals surface area contributed by atoms with Gasteiger partial charge in [0.15, 0.2) is 11.2 Å². The predicted molar refractivity (Wildman–Crippen MR) is 175 cm³/mol. The molecular weight excluding hydrogens is 706 g/mol. The van der Waals surface area contributed by atoms with E-state index in [9.17, 15) is 38.4 Å². The summed E-state index contributed by atoms with van der Waals surface area (Å²) in [4.78, 5) is 70.4. The molecule has 0 bridgehead atoms. The van der Waals surface area contributed by atoms with Gasteiger partial charge in [0.1, 0.15) is 18.6 Å². The van der Waals surface area contributed by atoms with Crippen LogP contribution in [0, 0.1) is 12.8 Å². The topological polar surface area (TPSA) is 311 Å². The van der Waals surface area contributed by atoms with Crippen LogP contribution in [0.15, 0.2) is 26.9 Å². The minimum atomic E-state index is -4.54. The monoisotopic (exact) mass is 748 g/mol. The number of aromatic nitrogens is 6. The molecule has 0 radical (unpaired) electrons. The van der Waals surface area contributed by atoms with Crippen LogP contribution in [-0.4, -0.2) is 94.8 Å². The zero-order chi connectivity index (χ0) is 36.2. The van der Waals surface area contributed by atoms with Gasteiger partial charge in [-0.05, 0) is 32.7 Å². The van der Waals surface area contributed by atoms with Gasteiger partial charge in [0.2, 0.25) is 5.95 Å². The summed E-state index contributed by atoms with van der Waals surface area (Å²) in [7, 11) is -9.01. The van der Waals surface area contributed by atoms with Gasteiger partial charge in [-0.25, -0.2) is 14.3 Å². The number of aromatic amines is 2. The van der Waals surface area contributed by atoms with Gasteiger partial charge in [0.25, 0.3) is 11.1 Å². The van der Waals surface area contributed by atoms with Crippen LogP contribution in [0.5, 0.6) is 0 Å². The molecule has 9 N–H and O–H groups in total. The van der Waals surface area contributed by atoms with Gasteiger partial charge in [0.05, 0.1) is 44.5 Å². The third-order valence-electron chi connectivity index (χ3n) is 8.44. The molecule has 50 heavy (non-hydrogen) atoms. The maximum Gasteiger partial charge on any atom is 0.472 e. The molecule has 3 aromatic rings. The zero-order valence-corrected chi connectivity index (χ0v) is 28.9. The Morgan fingerprint density at radius 2 is 1.66 bits per heavy atom. The van der Waals surface area contributed by atoms with Crippen molar-refractivity contribution in [2.24, 2.45) is 11.7 Å². The summed E-state index contributed by atoms with van der Waals surface area (Å²) in [5, 5.41) is 10.7. The Morgan fingerprint density at radius 3 is 2.42 bits per heavy atom. The minimum Gasteiger partial charge on any atom is -0.390 e. The molecule has 3 unspecified atom stereocenters. The normalized spacial score (nSPS) is 26.3. The fraction of sp³-hybridized carbons (Fsp3) is 0.667. The molecule has 0 aliphatic carbocycles. The maximum absolute atomic E-state index is 13.4. The predicted octanol–water partition coefficient (Wildman–Crippen LogP) is -0.0328. The number of nitrogens with one attached hydrogen (secondary N) is 2. The summed E-state index contributed by atoms with van der Waals surface area (Å²) >= 11 is 0. The highest BCUT2D eigenvalue weighted by Gasteiger charge is 2.43. The van der Waals surface area contributed by atoms with Crippen molar-refractivity contribution in [1.82, 2.24) is 29.1 Å². The Bertz CT molecular complexity index is 1910. The maximum atomic E-state index is 13.4. The van der Waals surface area contributed by atoms with E-state index in [2.05, 4.69) is 19.9 Å². The summed E-state index contributed by atoms with van der Waals surface area (Å²) in [5.74, 6) is -0.991. The molecule has 2 fully saturated rings. The second-order valence-electron chi connectivity index (χ2n) is 12.2. The molecule has 0 aromatic carbocycles. The second kappa shape index (κ2) is 16.1. The van der Waals surface area contributed by atoms with Crippen LogP contribution < -0.4 is 28.3 Å². The van der Waals surface area contributed by atoms with Gasteiger partial charge < -0.3 is 40.4 Å². The number of H-pyrrole nitrogens is 2. The molecule has 0 spiro atoms. The lowest BCUT2D eigenvalue weighted by Gasteiger charge is -2.23. The highest BCUT2D eigenvalue weighted by Crippen LogP contribution is 2.50. The number of fused-ring (bicyclic) bond motifs is 1. The molecule has 2 aliphatic heterocycles. The molecule has 21 nitrogen and oxygen atoms in total. The molecule has 8 atom stereocenters.